The van der Waals surface area contributed by atoms with Crippen LogP contribution < -0.4 is 21.2 Å². The lowest BCUT2D eigenvalue weighted by Gasteiger charge is -2.35. The van der Waals surface area contributed by atoms with Crippen LogP contribution in [-0.4, -0.2) is 89.5 Å². The van der Waals surface area contributed by atoms with E-state index in [-0.39, 0.29) is 48.4 Å². The number of methoxy groups -OCH3 is 1. The maximum atomic E-state index is 16.6. The first-order valence-corrected chi connectivity index (χ1v) is 15.8. The molecule has 0 atom stereocenters. The third-order valence-corrected chi connectivity index (χ3v) is 8.79. The molecule has 4 aromatic rings. The van der Waals surface area contributed by atoms with Gasteiger partial charge < -0.3 is 35.2 Å². The van der Waals surface area contributed by atoms with E-state index >= 15 is 4.39 Å². The average Bonchev–Trinajstić information content (AvgIpc) is 3.57. The summed E-state index contributed by atoms with van der Waals surface area (Å²) in [6, 6.07) is 13.6. The quantitative estimate of drug-likeness (QED) is 0.181. The van der Waals surface area contributed by atoms with Crippen molar-refractivity contribution in [2.75, 3.05) is 57.8 Å². The molecular formula is C35H38F2N8O3. The largest absolute Gasteiger partial charge is 0.496 e. The van der Waals surface area contributed by atoms with Crippen molar-refractivity contribution in [2.24, 2.45) is 11.6 Å². The monoisotopic (exact) mass is 656 g/mol. The number of aromatic amines is 1. The van der Waals surface area contributed by atoms with Crippen molar-refractivity contribution in [3.05, 3.63) is 96.1 Å². The number of hydrogen-bond donors (Lipinski definition) is 3. The second kappa shape index (κ2) is 14.1. The number of nitrogens with zero attached hydrogens (tertiary/aromatic N) is 5. The third kappa shape index (κ3) is 6.67. The van der Waals surface area contributed by atoms with Gasteiger partial charge in [0.2, 0.25) is 5.91 Å². The zero-order valence-corrected chi connectivity index (χ0v) is 26.7. The van der Waals surface area contributed by atoms with Gasteiger partial charge in [-0.25, -0.2) is 19.6 Å². The van der Waals surface area contributed by atoms with Gasteiger partial charge >= 0.3 is 0 Å². The van der Waals surface area contributed by atoms with E-state index in [4.69, 9.17) is 16.3 Å². The lowest BCUT2D eigenvalue weighted by Crippen LogP contribution is -2.49. The topological polar surface area (TPSA) is 137 Å². The first kappa shape index (κ1) is 32.5. The number of hydrazine groups is 1. The maximum Gasteiger partial charge on any atom is 0.270 e. The Kier molecular flexibility index (Phi) is 9.57. The molecule has 1 saturated heterocycles. The highest BCUT2D eigenvalue weighted by atomic mass is 19.1. The summed E-state index contributed by atoms with van der Waals surface area (Å²) in [6.07, 6.45) is 6.90. The molecule has 0 unspecified atom stereocenters. The summed E-state index contributed by atoms with van der Waals surface area (Å²) in [4.78, 5) is 39.5. The molecule has 6 rings (SSSR count). The second-order valence-electron chi connectivity index (χ2n) is 11.7. The number of benzene rings is 2. The number of H-pyrrole nitrogens is 1. The third-order valence-electron chi connectivity index (χ3n) is 8.79. The minimum atomic E-state index is -0.508. The minimum absolute atomic E-state index is 0.103. The van der Waals surface area contributed by atoms with Gasteiger partial charge in [-0.3, -0.25) is 9.59 Å². The molecule has 2 aromatic heterocycles. The Hall–Kier alpha value is -5.43. The van der Waals surface area contributed by atoms with E-state index in [1.165, 1.54) is 35.7 Å². The molecule has 250 valence electrons. The molecule has 0 aliphatic carbocycles. The molecule has 2 aromatic carbocycles. The highest BCUT2D eigenvalue weighted by molar-refractivity contribution is 6.05. The molecule has 13 heteroatoms. The molecular weight excluding hydrogens is 618 g/mol. The number of pyridine rings is 1. The average molecular weight is 657 g/mol. The number of carbonyl (C=O) groups excluding carboxylic acids is 2. The summed E-state index contributed by atoms with van der Waals surface area (Å²) < 4.78 is 36.0. The second-order valence-corrected chi connectivity index (χ2v) is 11.7. The molecule has 4 heterocycles. The highest BCUT2D eigenvalue weighted by Gasteiger charge is 2.28. The molecule has 0 radical (unpaired) electrons. The van der Waals surface area contributed by atoms with Crippen LogP contribution in [0.2, 0.25) is 0 Å². The number of hydrogen-bond acceptors (Lipinski definition) is 8. The Morgan fingerprint density at radius 1 is 1.02 bits per heavy atom. The smallest absolute Gasteiger partial charge is 0.270 e. The fourth-order valence-corrected chi connectivity index (χ4v) is 6.29. The van der Waals surface area contributed by atoms with Gasteiger partial charge in [0.15, 0.2) is 5.82 Å². The molecule has 0 saturated carbocycles. The fourth-order valence-electron chi connectivity index (χ4n) is 6.29. The van der Waals surface area contributed by atoms with Crippen LogP contribution in [0.1, 0.15) is 28.9 Å². The van der Waals surface area contributed by atoms with Gasteiger partial charge in [-0.1, -0.05) is 24.3 Å². The highest BCUT2D eigenvalue weighted by Crippen LogP contribution is 2.40. The summed E-state index contributed by atoms with van der Waals surface area (Å²) in [6.45, 7) is 2.75. The number of halogens is 2. The first-order valence-electron chi connectivity index (χ1n) is 15.8. The van der Waals surface area contributed by atoms with Gasteiger partial charge in [0.05, 0.1) is 12.6 Å². The molecule has 1 fully saturated rings. The fraction of sp³-hybridized carbons (Fsp3) is 0.286. The van der Waals surface area contributed by atoms with Crippen molar-refractivity contribution >= 4 is 34.1 Å². The van der Waals surface area contributed by atoms with Crippen LogP contribution in [0.4, 0.5) is 14.6 Å². The summed E-state index contributed by atoms with van der Waals surface area (Å²) in [5, 5.41) is 1.88. The number of rotatable bonds is 9. The van der Waals surface area contributed by atoms with E-state index in [0.29, 0.717) is 72.8 Å². The lowest BCUT2D eigenvalue weighted by atomic mass is 9.93. The number of nitrogens with one attached hydrogen (secondary N) is 1. The van der Waals surface area contributed by atoms with Gasteiger partial charge in [-0.15, -0.1) is 0 Å². The summed E-state index contributed by atoms with van der Waals surface area (Å²) in [5.41, 5.74) is 8.26. The molecule has 2 aliphatic rings. The number of carbonyl (C=O) groups is 2. The van der Waals surface area contributed by atoms with E-state index < -0.39 is 5.82 Å². The van der Waals surface area contributed by atoms with Gasteiger partial charge in [0, 0.05) is 93.4 Å². The number of para-hydroxylation sites is 1. The predicted octanol–water partition coefficient (Wildman–Crippen LogP) is 4.09. The van der Waals surface area contributed by atoms with Crippen molar-refractivity contribution < 1.29 is 23.1 Å². The van der Waals surface area contributed by atoms with Gasteiger partial charge in [-0.05, 0) is 41.8 Å². The SMILES string of the molecule is COc1ccccc1-c1cc(C2=CCCN(C(=O)CCN(N)/C=C\N)C2)c(F)c2[nH]c(C(=O)N3CCN(c4cc(F)ccn4)CC3)cc12. The van der Waals surface area contributed by atoms with Crippen molar-refractivity contribution in [2.45, 2.75) is 12.8 Å². The Balaban J connectivity index is 1.31. The van der Waals surface area contributed by atoms with Crippen LogP contribution >= 0.6 is 0 Å². The summed E-state index contributed by atoms with van der Waals surface area (Å²) in [5.74, 6) is 5.70. The van der Waals surface area contributed by atoms with E-state index in [9.17, 15) is 14.0 Å². The van der Waals surface area contributed by atoms with Crippen molar-refractivity contribution in [1.29, 1.82) is 0 Å². The van der Waals surface area contributed by atoms with Gasteiger partial charge in [-0.2, -0.15) is 0 Å². The van der Waals surface area contributed by atoms with Gasteiger partial charge in [0.1, 0.15) is 23.1 Å². The number of ether oxygens (including phenoxy) is 1. The van der Waals surface area contributed by atoms with E-state index in [0.717, 1.165) is 5.56 Å². The van der Waals surface area contributed by atoms with E-state index in [1.807, 2.05) is 35.2 Å². The Morgan fingerprint density at radius 3 is 2.56 bits per heavy atom. The zero-order valence-electron chi connectivity index (χ0n) is 26.7. The van der Waals surface area contributed by atoms with Crippen LogP contribution in [0, 0.1) is 11.6 Å². The van der Waals surface area contributed by atoms with Crippen LogP contribution in [0.3, 0.4) is 0 Å². The van der Waals surface area contributed by atoms with Crippen molar-refractivity contribution in [1.82, 2.24) is 24.8 Å². The Morgan fingerprint density at radius 2 is 1.81 bits per heavy atom. The first-order chi connectivity index (χ1) is 23.3. The van der Waals surface area contributed by atoms with Crippen LogP contribution in [0.5, 0.6) is 5.75 Å². The number of amides is 2. The van der Waals surface area contributed by atoms with E-state index in [2.05, 4.69) is 9.97 Å². The normalized spacial score (nSPS) is 15.2. The summed E-state index contributed by atoms with van der Waals surface area (Å²) in [7, 11) is 1.57. The Labute approximate surface area is 277 Å². The number of anilines is 1. The van der Waals surface area contributed by atoms with Crippen molar-refractivity contribution in [3.63, 3.8) is 0 Å². The molecule has 2 aliphatic heterocycles. The van der Waals surface area contributed by atoms with Gasteiger partial charge in [0.25, 0.3) is 5.91 Å². The zero-order chi connectivity index (χ0) is 33.8. The standard InChI is InChI=1S/C35H38F2N8O3/c1-48-30-7-3-2-6-25(30)27-20-26(23-5-4-12-44(22-23)32(46)9-13-45(39)14-10-38)33(37)34-28(27)21-29(41-34)35(47)43-17-15-42(16-18-43)31-19-24(36)8-11-40-31/h2-3,5-8,10-11,14,19-21,41H,4,9,12-13,15-18,22,38-39H2,1H3/b14-10-. The molecule has 2 amide bonds. The number of piperazine rings is 1. The van der Waals surface area contributed by atoms with Crippen LogP contribution in [-0.2, 0) is 4.79 Å². The molecule has 11 nitrogen and oxygen atoms in total. The molecule has 48 heavy (non-hydrogen) atoms. The number of nitrogens with two attached hydrogens (primary N) is 2. The Bertz CT molecular complexity index is 1880. The number of aromatic nitrogens is 2. The van der Waals surface area contributed by atoms with Crippen LogP contribution in [0.15, 0.2) is 73.2 Å². The van der Waals surface area contributed by atoms with E-state index in [1.54, 1.807) is 29.0 Å². The van der Waals surface area contributed by atoms with Crippen molar-refractivity contribution in [3.8, 4) is 16.9 Å². The summed E-state index contributed by atoms with van der Waals surface area (Å²) >= 11 is 0. The lowest BCUT2D eigenvalue weighted by molar-refractivity contribution is -0.130. The minimum Gasteiger partial charge on any atom is -0.496 e. The maximum absolute atomic E-state index is 16.6. The van der Waals surface area contributed by atoms with Crippen LogP contribution in [0.25, 0.3) is 27.6 Å². The predicted molar refractivity (Wildman–Crippen MR) is 181 cm³/mol. The molecule has 0 spiro atoms. The number of fused-ring (bicyclic) bond motifs is 1. The molecule has 0 bridgehead atoms. The molecule has 5 N–H and O–H groups in total.